The monoisotopic (exact) mass is 1090 g/mol. The van der Waals surface area contributed by atoms with E-state index in [0.717, 1.165) is 0 Å². The Bertz CT molecular complexity index is 2500. The van der Waals surface area contributed by atoms with Gasteiger partial charge >= 0.3 is 18.3 Å². The Balaban J connectivity index is 1.43. The van der Waals surface area contributed by atoms with Crippen LogP contribution in [0.25, 0.3) is 0 Å². The fourth-order valence-corrected chi connectivity index (χ4v) is 9.42. The predicted molar refractivity (Wildman–Crippen MR) is 228 cm³/mol. The predicted octanol–water partition coefficient (Wildman–Crippen LogP) is 13.0. The van der Waals surface area contributed by atoms with Gasteiger partial charge in [-0.3, -0.25) is 14.4 Å². The van der Waals surface area contributed by atoms with Crippen LogP contribution in [0.1, 0.15) is 76.2 Å². The third-order valence-electron chi connectivity index (χ3n) is 9.47. The molecule has 2 amide bonds. The van der Waals surface area contributed by atoms with Gasteiger partial charge in [-0.05, 0) is 174 Å². The Morgan fingerprint density at radius 1 is 0.567 bits per heavy atom. The van der Waals surface area contributed by atoms with E-state index in [2.05, 4.69) is 74.4 Å². The van der Waals surface area contributed by atoms with Crippen LogP contribution in [0.2, 0.25) is 0 Å². The summed E-state index contributed by atoms with van der Waals surface area (Å²) in [5.41, 5.74) is -3.77. The molecule has 60 heavy (non-hydrogen) atoms. The van der Waals surface area contributed by atoms with Gasteiger partial charge in [0.25, 0.3) is 11.8 Å². The Hall–Kier alpha value is -4.52. The van der Waals surface area contributed by atoms with Gasteiger partial charge < -0.3 is 20.1 Å². The van der Waals surface area contributed by atoms with Gasteiger partial charge in [-0.2, -0.15) is 26.3 Å². The average molecular weight is 1090 g/mol. The molecule has 0 aliphatic carbocycles. The first kappa shape index (κ1) is 46.5. The number of methoxy groups -OCH3 is 1. The van der Waals surface area contributed by atoms with Crippen LogP contribution in [0, 0.1) is 20.8 Å². The van der Waals surface area contributed by atoms with Crippen molar-refractivity contribution >= 4 is 98.7 Å². The summed E-state index contributed by atoms with van der Waals surface area (Å²) in [6.45, 7) is 6.64. The summed E-state index contributed by atoms with van der Waals surface area (Å²) in [6.07, 6.45) is -11.9. The molecule has 2 N–H and O–H groups in total. The molecule has 0 spiro atoms. The summed E-state index contributed by atoms with van der Waals surface area (Å²) in [6, 6.07) is 15.6. The lowest BCUT2D eigenvalue weighted by Gasteiger charge is -2.39. The minimum atomic E-state index is -5.94. The maximum Gasteiger partial charge on any atom is 0.411 e. The van der Waals surface area contributed by atoms with Crippen molar-refractivity contribution in [1.82, 2.24) is 0 Å². The van der Waals surface area contributed by atoms with Gasteiger partial charge in [0.1, 0.15) is 5.75 Å². The maximum atomic E-state index is 15.0. The molecule has 5 rings (SSSR count). The van der Waals surface area contributed by atoms with E-state index in [1.165, 1.54) is 62.6 Å². The summed E-state index contributed by atoms with van der Waals surface area (Å²) in [5, 5.41) is 5.67. The molecule has 0 aliphatic heterocycles. The molecule has 18 heteroatoms. The number of esters is 1. The number of ketones is 1. The summed E-state index contributed by atoms with van der Waals surface area (Å²) < 4.78 is 99.3. The Morgan fingerprint density at radius 3 is 1.42 bits per heavy atom. The molecule has 0 fully saturated rings. The Labute approximate surface area is 372 Å². The number of ether oxygens (including phenoxy) is 2. The molecule has 0 saturated carbocycles. The molecule has 0 radical (unpaired) electrons. The van der Waals surface area contributed by atoms with Gasteiger partial charge in [-0.1, -0.05) is 24.3 Å². The molecule has 8 nitrogen and oxygen atoms in total. The SMILES string of the molecule is COc1c(Br)cc(C(c2cc(Br)c(OC(=O)c3cccc(C(=O)Nc4c(C)cc(C)c(NC(=O)c5ccc(C(C)=O)cc5)c4C)c3)c(Br)c2)(C(F)(F)F)C(F)(F)F)cc1Br. The van der Waals surface area contributed by atoms with Crippen molar-refractivity contribution in [3.8, 4) is 11.5 Å². The highest BCUT2D eigenvalue weighted by Gasteiger charge is 2.73. The number of nitrogens with one attached hydrogen (secondary N) is 2. The molecule has 314 valence electrons. The number of alkyl halides is 6. The highest BCUT2D eigenvalue weighted by Crippen LogP contribution is 2.58. The van der Waals surface area contributed by atoms with Crippen LogP contribution in [0.5, 0.6) is 11.5 Å². The number of benzene rings is 5. The molecule has 0 saturated heterocycles. The number of aryl methyl sites for hydroxylation is 2. The lowest BCUT2D eigenvalue weighted by Crippen LogP contribution is -2.54. The fourth-order valence-electron chi connectivity index (χ4n) is 6.56. The summed E-state index contributed by atoms with van der Waals surface area (Å²) in [4.78, 5) is 51.8. The lowest BCUT2D eigenvalue weighted by atomic mass is 9.73. The topological polar surface area (TPSA) is 111 Å². The molecule has 5 aromatic rings. The molecule has 0 atom stereocenters. The van der Waals surface area contributed by atoms with Crippen LogP contribution in [0.4, 0.5) is 37.7 Å². The zero-order valence-corrected chi connectivity index (χ0v) is 38.1. The summed E-state index contributed by atoms with van der Waals surface area (Å²) >= 11 is 12.0. The van der Waals surface area contributed by atoms with Gasteiger partial charge in [-0.25, -0.2) is 4.79 Å². The van der Waals surface area contributed by atoms with Crippen LogP contribution in [0.15, 0.2) is 96.8 Å². The van der Waals surface area contributed by atoms with E-state index < -0.39 is 61.4 Å². The lowest BCUT2D eigenvalue weighted by molar-refractivity contribution is -0.288. The molecule has 0 aliphatic rings. The van der Waals surface area contributed by atoms with Crippen molar-refractivity contribution < 1.29 is 55.0 Å². The molecule has 0 heterocycles. The van der Waals surface area contributed by atoms with E-state index in [1.54, 1.807) is 26.8 Å². The number of Topliss-reactive ketones (excluding diaryl/α,β-unsaturated/α-hetero) is 1. The number of rotatable bonds is 10. The van der Waals surface area contributed by atoms with E-state index in [4.69, 9.17) is 9.47 Å². The number of halogens is 10. The molecule has 0 unspecified atom stereocenters. The quantitative estimate of drug-likeness (QED) is 0.0624. The highest BCUT2D eigenvalue weighted by molar-refractivity contribution is 9.11. The summed E-state index contributed by atoms with van der Waals surface area (Å²) in [7, 11) is 1.19. The van der Waals surface area contributed by atoms with E-state index in [1.807, 2.05) is 0 Å². The number of hydrogen-bond acceptors (Lipinski definition) is 6. The van der Waals surface area contributed by atoms with Gasteiger partial charge in [0.05, 0.1) is 30.6 Å². The molecule has 0 aromatic heterocycles. The largest absolute Gasteiger partial charge is 0.494 e. The van der Waals surface area contributed by atoms with Crippen LogP contribution >= 0.6 is 63.7 Å². The van der Waals surface area contributed by atoms with Crippen molar-refractivity contribution in [3.63, 3.8) is 0 Å². The fraction of sp³-hybridized carbons (Fsp3) is 0.190. The van der Waals surface area contributed by atoms with Gasteiger partial charge in [0, 0.05) is 28.1 Å². The van der Waals surface area contributed by atoms with Crippen LogP contribution in [-0.2, 0) is 5.41 Å². The van der Waals surface area contributed by atoms with Crippen molar-refractivity contribution in [2.24, 2.45) is 0 Å². The number of anilines is 2. The van der Waals surface area contributed by atoms with Crippen molar-refractivity contribution in [2.45, 2.75) is 45.5 Å². The van der Waals surface area contributed by atoms with Crippen LogP contribution in [-0.4, -0.2) is 43.0 Å². The van der Waals surface area contributed by atoms with E-state index in [0.29, 0.717) is 63.5 Å². The van der Waals surface area contributed by atoms with Crippen molar-refractivity contribution in [1.29, 1.82) is 0 Å². The third-order valence-corrected chi connectivity index (χ3v) is 11.8. The normalized spacial score (nSPS) is 11.8. The second kappa shape index (κ2) is 17.8. The van der Waals surface area contributed by atoms with Crippen LogP contribution in [0.3, 0.4) is 0 Å². The molecule has 0 bridgehead atoms. The Kier molecular flexibility index (Phi) is 13.8. The van der Waals surface area contributed by atoms with Crippen molar-refractivity contribution in [2.75, 3.05) is 17.7 Å². The average Bonchev–Trinajstić information content (AvgIpc) is 3.15. The number of carbonyl (C=O) groups excluding carboxylic acids is 4. The number of amides is 2. The van der Waals surface area contributed by atoms with E-state index in [-0.39, 0.29) is 31.6 Å². The first-order valence-corrected chi connectivity index (χ1v) is 20.4. The van der Waals surface area contributed by atoms with Gasteiger partial charge in [-0.15, -0.1) is 0 Å². The smallest absolute Gasteiger partial charge is 0.411 e. The second-order valence-electron chi connectivity index (χ2n) is 13.4. The van der Waals surface area contributed by atoms with E-state index in [9.17, 15) is 45.5 Å². The minimum absolute atomic E-state index is 0.00889. The second-order valence-corrected chi connectivity index (χ2v) is 16.8. The molecular weight excluding hydrogens is 1060 g/mol. The maximum absolute atomic E-state index is 15.0. The number of carbonyl (C=O) groups is 4. The van der Waals surface area contributed by atoms with Crippen molar-refractivity contribution in [3.05, 3.63) is 147 Å². The minimum Gasteiger partial charge on any atom is -0.494 e. The standard InChI is InChI=1S/C42H30Br4F6N2O6/c1-19-13-20(2)34(21(3)33(19)53-37(56)24-11-9-23(10-12-24)22(4)55)54-38(57)25-7-6-8-26(14-25)39(58)60-36-31(45)17-28(18-32(36)46)40(41(47,48)49,42(50,51)52)27-15-29(43)35(59-5)30(44)16-27/h6-18H,1-5H3,(H,53,56)(H,54,57). The molecular formula is C42H30Br4F6N2O6. The first-order chi connectivity index (χ1) is 27.9. The third kappa shape index (κ3) is 9.06. The number of hydrogen-bond donors (Lipinski definition) is 2. The van der Waals surface area contributed by atoms with Crippen LogP contribution < -0.4 is 20.1 Å². The van der Waals surface area contributed by atoms with Gasteiger partial charge in [0.15, 0.2) is 11.5 Å². The van der Waals surface area contributed by atoms with Gasteiger partial charge in [0.2, 0.25) is 5.41 Å². The first-order valence-electron chi connectivity index (χ1n) is 17.3. The zero-order chi connectivity index (χ0) is 44.6. The highest BCUT2D eigenvalue weighted by atomic mass is 79.9. The summed E-state index contributed by atoms with van der Waals surface area (Å²) in [5.74, 6) is -2.82. The Morgan fingerprint density at radius 2 is 0.983 bits per heavy atom. The van der Waals surface area contributed by atoms with E-state index >= 15 is 0 Å². The zero-order valence-electron chi connectivity index (χ0n) is 31.7. The molecule has 5 aromatic carbocycles.